The lowest BCUT2D eigenvalue weighted by Gasteiger charge is -2.14. The van der Waals surface area contributed by atoms with Crippen molar-refractivity contribution in [1.29, 1.82) is 5.26 Å². The lowest BCUT2D eigenvalue weighted by molar-refractivity contribution is 1.03. The van der Waals surface area contributed by atoms with Gasteiger partial charge in [0.15, 0.2) is 5.84 Å². The smallest absolute Gasteiger partial charge is 0.162 e. The molecule has 3 aromatic carbocycles. The third-order valence-electron chi connectivity index (χ3n) is 4.86. The molecule has 3 aromatic rings. The summed E-state index contributed by atoms with van der Waals surface area (Å²) in [5.74, 6) is 0.507. The fraction of sp³-hybridized carbons (Fsp3) is 0.0870. The van der Waals surface area contributed by atoms with E-state index >= 15 is 0 Å². The summed E-state index contributed by atoms with van der Waals surface area (Å²) in [6, 6.07) is 20.9. The highest BCUT2D eigenvalue weighted by molar-refractivity contribution is 6.32. The van der Waals surface area contributed by atoms with Crippen molar-refractivity contribution in [1.82, 2.24) is 0 Å². The molecule has 4 nitrogen and oxygen atoms in total. The molecule has 0 saturated carbocycles. The molecule has 4 rings (SSSR count). The second kappa shape index (κ2) is 7.71. The van der Waals surface area contributed by atoms with Gasteiger partial charge in [-0.25, -0.2) is 9.98 Å². The Labute approximate surface area is 178 Å². The maximum Gasteiger partial charge on any atom is 0.162 e. The standard InChI is InChI=1S/C23H16Cl2N4/c1-13-10-18(19(12-26)14-6-8-15(24)9-7-14)20(25)11-21(13)28-23-17-5-3-2-4-16(17)22(27)29-23/h2-11,19H,1H3,(H2,27,28,29). The van der Waals surface area contributed by atoms with Crippen LogP contribution in [0.5, 0.6) is 0 Å². The molecule has 29 heavy (non-hydrogen) atoms. The molecule has 1 unspecified atom stereocenters. The lowest BCUT2D eigenvalue weighted by atomic mass is 9.91. The molecule has 0 aromatic heterocycles. The number of hydrogen-bond acceptors (Lipinski definition) is 3. The van der Waals surface area contributed by atoms with Crippen molar-refractivity contribution >= 4 is 40.6 Å². The molecule has 0 radical (unpaired) electrons. The normalized spacial score (nSPS) is 15.0. The van der Waals surface area contributed by atoms with E-state index in [0.717, 1.165) is 27.8 Å². The van der Waals surface area contributed by atoms with Crippen LogP contribution in [0.4, 0.5) is 5.69 Å². The number of nitrogens with zero attached hydrogens (tertiary/aromatic N) is 3. The molecular weight excluding hydrogens is 403 g/mol. The fourth-order valence-corrected chi connectivity index (χ4v) is 3.74. The van der Waals surface area contributed by atoms with Gasteiger partial charge in [0.1, 0.15) is 5.84 Å². The maximum absolute atomic E-state index is 9.75. The summed E-state index contributed by atoms with van der Waals surface area (Å²) >= 11 is 12.5. The van der Waals surface area contributed by atoms with Crippen molar-refractivity contribution in [3.8, 4) is 6.07 Å². The fourth-order valence-electron chi connectivity index (χ4n) is 3.35. The van der Waals surface area contributed by atoms with E-state index < -0.39 is 5.92 Å². The minimum Gasteiger partial charge on any atom is -0.383 e. The number of benzene rings is 3. The van der Waals surface area contributed by atoms with Gasteiger partial charge in [-0.3, -0.25) is 0 Å². The summed E-state index contributed by atoms with van der Waals surface area (Å²) in [6.07, 6.45) is 0. The Morgan fingerprint density at radius 3 is 2.41 bits per heavy atom. The minimum absolute atomic E-state index is 0.451. The van der Waals surface area contributed by atoms with Crippen molar-refractivity contribution in [2.45, 2.75) is 12.8 Å². The largest absolute Gasteiger partial charge is 0.383 e. The van der Waals surface area contributed by atoms with E-state index in [1.54, 1.807) is 18.2 Å². The summed E-state index contributed by atoms with van der Waals surface area (Å²) in [5.41, 5.74) is 10.9. The first-order chi connectivity index (χ1) is 14.0. The van der Waals surface area contributed by atoms with E-state index in [4.69, 9.17) is 28.9 Å². The Morgan fingerprint density at radius 2 is 1.72 bits per heavy atom. The zero-order chi connectivity index (χ0) is 20.5. The Balaban J connectivity index is 1.75. The number of fused-ring (bicyclic) bond motifs is 1. The molecule has 6 heteroatoms. The van der Waals surface area contributed by atoms with Crippen LogP contribution in [0.2, 0.25) is 10.0 Å². The quantitative estimate of drug-likeness (QED) is 0.587. The highest BCUT2D eigenvalue weighted by Crippen LogP contribution is 2.36. The zero-order valence-electron chi connectivity index (χ0n) is 15.5. The van der Waals surface area contributed by atoms with E-state index in [1.807, 2.05) is 49.4 Å². The van der Waals surface area contributed by atoms with Crippen LogP contribution in [0.3, 0.4) is 0 Å². The predicted octanol–water partition coefficient (Wildman–Crippen LogP) is 5.75. The van der Waals surface area contributed by atoms with Gasteiger partial charge in [-0.15, -0.1) is 0 Å². The summed E-state index contributed by atoms with van der Waals surface area (Å²) in [7, 11) is 0. The first-order valence-electron chi connectivity index (χ1n) is 8.95. The Morgan fingerprint density at radius 1 is 1.03 bits per heavy atom. The van der Waals surface area contributed by atoms with E-state index in [1.165, 1.54) is 0 Å². The molecule has 0 bridgehead atoms. The number of amidine groups is 2. The van der Waals surface area contributed by atoms with Crippen LogP contribution >= 0.6 is 23.2 Å². The van der Waals surface area contributed by atoms with Gasteiger partial charge in [0, 0.05) is 21.2 Å². The van der Waals surface area contributed by atoms with Gasteiger partial charge >= 0.3 is 0 Å². The van der Waals surface area contributed by atoms with Crippen molar-refractivity contribution in [3.63, 3.8) is 0 Å². The number of aliphatic imine (C=N–C) groups is 2. The van der Waals surface area contributed by atoms with Gasteiger partial charge < -0.3 is 5.73 Å². The number of nitriles is 1. The van der Waals surface area contributed by atoms with Crippen LogP contribution in [0.15, 0.2) is 70.6 Å². The molecule has 1 aliphatic rings. The van der Waals surface area contributed by atoms with Crippen molar-refractivity contribution < 1.29 is 0 Å². The summed E-state index contributed by atoms with van der Waals surface area (Å²) < 4.78 is 0. The first-order valence-corrected chi connectivity index (χ1v) is 9.71. The Hall–Kier alpha value is -3.13. The van der Waals surface area contributed by atoms with Crippen LogP contribution in [-0.4, -0.2) is 11.7 Å². The summed E-state index contributed by atoms with van der Waals surface area (Å²) in [6.45, 7) is 1.93. The van der Waals surface area contributed by atoms with Crippen molar-refractivity contribution in [3.05, 3.63) is 98.5 Å². The number of halogens is 2. The second-order valence-corrected chi connectivity index (χ2v) is 7.60. The zero-order valence-corrected chi connectivity index (χ0v) is 17.0. The lowest BCUT2D eigenvalue weighted by Crippen LogP contribution is -2.09. The molecule has 0 spiro atoms. The predicted molar refractivity (Wildman–Crippen MR) is 118 cm³/mol. The van der Waals surface area contributed by atoms with Crippen LogP contribution in [-0.2, 0) is 0 Å². The van der Waals surface area contributed by atoms with Gasteiger partial charge in [-0.2, -0.15) is 5.26 Å². The SMILES string of the molecule is Cc1cc(C(C#N)c2ccc(Cl)cc2)c(Cl)cc1N=C1N=C(N)c2ccccc21. The molecule has 0 aliphatic carbocycles. The average molecular weight is 419 g/mol. The summed E-state index contributed by atoms with van der Waals surface area (Å²) in [4.78, 5) is 9.07. The van der Waals surface area contributed by atoms with Gasteiger partial charge in [-0.05, 0) is 41.8 Å². The van der Waals surface area contributed by atoms with E-state index in [2.05, 4.69) is 16.1 Å². The topological polar surface area (TPSA) is 74.5 Å². The van der Waals surface area contributed by atoms with Crippen LogP contribution < -0.4 is 5.73 Å². The van der Waals surface area contributed by atoms with Gasteiger partial charge in [0.05, 0.1) is 17.7 Å². The van der Waals surface area contributed by atoms with Gasteiger partial charge in [-0.1, -0.05) is 65.7 Å². The molecule has 2 N–H and O–H groups in total. The Kier molecular flexibility index (Phi) is 5.10. The van der Waals surface area contributed by atoms with Crippen molar-refractivity contribution in [2.75, 3.05) is 0 Å². The third kappa shape index (κ3) is 3.63. The number of hydrogen-bond donors (Lipinski definition) is 1. The molecule has 1 aliphatic heterocycles. The molecule has 142 valence electrons. The van der Waals surface area contributed by atoms with E-state index in [9.17, 15) is 5.26 Å². The molecule has 1 heterocycles. The molecule has 0 fully saturated rings. The average Bonchev–Trinajstić information content (AvgIpc) is 3.03. The highest BCUT2D eigenvalue weighted by Gasteiger charge is 2.21. The molecular formula is C23H16Cl2N4. The van der Waals surface area contributed by atoms with Crippen LogP contribution in [0, 0.1) is 18.3 Å². The molecule has 1 atom stereocenters. The minimum atomic E-state index is -0.499. The van der Waals surface area contributed by atoms with E-state index in [0.29, 0.717) is 27.4 Å². The number of rotatable bonds is 3. The number of nitrogens with two attached hydrogens (primary N) is 1. The molecule has 0 saturated heterocycles. The Bertz CT molecular complexity index is 1200. The van der Waals surface area contributed by atoms with E-state index in [-0.39, 0.29) is 0 Å². The monoisotopic (exact) mass is 418 g/mol. The third-order valence-corrected chi connectivity index (χ3v) is 5.43. The highest BCUT2D eigenvalue weighted by atomic mass is 35.5. The first kappa shape index (κ1) is 19.2. The molecule has 0 amide bonds. The second-order valence-electron chi connectivity index (χ2n) is 6.75. The van der Waals surface area contributed by atoms with Gasteiger partial charge in [0.25, 0.3) is 0 Å². The maximum atomic E-state index is 9.75. The van der Waals surface area contributed by atoms with Crippen LogP contribution in [0.25, 0.3) is 0 Å². The number of aryl methyl sites for hydroxylation is 1. The van der Waals surface area contributed by atoms with Gasteiger partial charge in [0.2, 0.25) is 0 Å². The summed E-state index contributed by atoms with van der Waals surface area (Å²) in [5, 5.41) is 10.8. The van der Waals surface area contributed by atoms with Crippen molar-refractivity contribution in [2.24, 2.45) is 15.7 Å². The van der Waals surface area contributed by atoms with Crippen LogP contribution in [0.1, 0.15) is 33.7 Å².